The van der Waals surface area contributed by atoms with E-state index in [9.17, 15) is 0 Å². The summed E-state index contributed by atoms with van der Waals surface area (Å²) in [5.41, 5.74) is 3.02. The Kier molecular flexibility index (Phi) is 5.56. The summed E-state index contributed by atoms with van der Waals surface area (Å²) in [6, 6.07) is 6.82. The van der Waals surface area contributed by atoms with E-state index < -0.39 is 0 Å². The van der Waals surface area contributed by atoms with Crippen LogP contribution in [0.25, 0.3) is 0 Å². The summed E-state index contributed by atoms with van der Waals surface area (Å²) in [5, 5.41) is 4.12. The van der Waals surface area contributed by atoms with Crippen LogP contribution in [0.2, 0.25) is 5.02 Å². The summed E-state index contributed by atoms with van der Waals surface area (Å²) in [6.07, 6.45) is 5.20. The topological polar surface area (TPSA) is 15.3 Å². The van der Waals surface area contributed by atoms with Gasteiger partial charge in [-0.1, -0.05) is 44.4 Å². The van der Waals surface area contributed by atoms with Gasteiger partial charge < -0.3 is 10.2 Å². The van der Waals surface area contributed by atoms with Crippen LogP contribution in [0, 0.1) is 5.41 Å². The smallest absolute Gasteiger partial charge is 0.0474 e. The lowest BCUT2D eigenvalue weighted by Gasteiger charge is -2.42. The molecule has 1 aliphatic heterocycles. The van der Waals surface area contributed by atoms with E-state index in [1.165, 1.54) is 36.9 Å². The highest BCUT2D eigenvalue weighted by Crippen LogP contribution is 2.39. The Balaban J connectivity index is 2.09. The van der Waals surface area contributed by atoms with E-state index in [1.807, 2.05) is 7.05 Å². The van der Waals surface area contributed by atoms with Gasteiger partial charge in [-0.2, -0.15) is 0 Å². The molecule has 1 fully saturated rings. The highest BCUT2D eigenvalue weighted by atomic mass is 35.5. The lowest BCUT2D eigenvalue weighted by Crippen LogP contribution is -2.39. The Hall–Kier alpha value is -0.730. The highest BCUT2D eigenvalue weighted by Gasteiger charge is 2.31. The molecule has 1 unspecified atom stereocenters. The first-order valence-electron chi connectivity index (χ1n) is 8.27. The molecule has 0 saturated carbocycles. The fourth-order valence-electron chi connectivity index (χ4n) is 3.42. The molecule has 1 heterocycles. The number of nitrogens with zero attached hydrogens (tertiary/aromatic N) is 1. The van der Waals surface area contributed by atoms with Crippen LogP contribution < -0.4 is 10.2 Å². The van der Waals surface area contributed by atoms with Crippen molar-refractivity contribution in [3.63, 3.8) is 0 Å². The maximum Gasteiger partial charge on any atom is 0.0474 e. The summed E-state index contributed by atoms with van der Waals surface area (Å²) in [6.45, 7) is 9.12. The average molecular weight is 309 g/mol. The number of hydrogen-bond acceptors (Lipinski definition) is 2. The first-order chi connectivity index (χ1) is 10.0. The Morgan fingerprint density at radius 3 is 2.33 bits per heavy atom. The van der Waals surface area contributed by atoms with Crippen molar-refractivity contribution in [1.82, 2.24) is 5.32 Å². The van der Waals surface area contributed by atoms with Gasteiger partial charge in [-0.3, -0.25) is 0 Å². The van der Waals surface area contributed by atoms with E-state index >= 15 is 0 Å². The van der Waals surface area contributed by atoms with Crippen LogP contribution in [-0.2, 0) is 0 Å². The van der Waals surface area contributed by atoms with Gasteiger partial charge in [0.1, 0.15) is 0 Å². The Labute approximate surface area is 134 Å². The molecular formula is C18H29ClN2. The van der Waals surface area contributed by atoms with E-state index in [0.29, 0.717) is 11.5 Å². The van der Waals surface area contributed by atoms with Gasteiger partial charge in [0.15, 0.2) is 0 Å². The highest BCUT2D eigenvalue weighted by molar-refractivity contribution is 6.31. The molecule has 1 saturated heterocycles. The van der Waals surface area contributed by atoms with Gasteiger partial charge in [0.05, 0.1) is 0 Å². The van der Waals surface area contributed by atoms with Gasteiger partial charge in [0, 0.05) is 29.8 Å². The van der Waals surface area contributed by atoms with Crippen molar-refractivity contribution in [3.8, 4) is 0 Å². The number of halogens is 1. The standard InChI is InChI=1S/C18H29ClN2/c1-5-18(6-2)9-11-21(12-10-18)15-7-8-16(14(3)20-4)17(19)13-15/h7-8,13-14,20H,5-6,9-12H2,1-4H3. The van der Waals surface area contributed by atoms with E-state index in [1.54, 1.807) is 0 Å². The fraction of sp³-hybridized carbons (Fsp3) is 0.667. The minimum atomic E-state index is 0.292. The van der Waals surface area contributed by atoms with Gasteiger partial charge in [0.25, 0.3) is 0 Å². The quantitative estimate of drug-likeness (QED) is 0.821. The van der Waals surface area contributed by atoms with Gasteiger partial charge in [-0.15, -0.1) is 0 Å². The zero-order chi connectivity index (χ0) is 15.5. The van der Waals surface area contributed by atoms with E-state index in [0.717, 1.165) is 18.1 Å². The number of rotatable bonds is 5. The molecule has 1 atom stereocenters. The summed E-state index contributed by atoms with van der Waals surface area (Å²) in [7, 11) is 1.97. The van der Waals surface area contributed by atoms with Crippen LogP contribution >= 0.6 is 11.6 Å². The number of anilines is 1. The van der Waals surface area contributed by atoms with Crippen LogP contribution in [0.1, 0.15) is 58.1 Å². The van der Waals surface area contributed by atoms with E-state index in [4.69, 9.17) is 11.6 Å². The van der Waals surface area contributed by atoms with Gasteiger partial charge >= 0.3 is 0 Å². The molecule has 2 rings (SSSR count). The second-order valence-electron chi connectivity index (χ2n) is 6.41. The SMILES string of the molecule is CCC1(CC)CCN(c2ccc(C(C)NC)c(Cl)c2)CC1. The van der Waals surface area contributed by atoms with Crippen LogP contribution in [-0.4, -0.2) is 20.1 Å². The third-order valence-electron chi connectivity index (χ3n) is 5.57. The zero-order valence-electron chi connectivity index (χ0n) is 13.9. The molecule has 118 valence electrons. The molecule has 1 aliphatic rings. The number of benzene rings is 1. The lowest BCUT2D eigenvalue weighted by molar-refractivity contribution is 0.199. The summed E-state index contributed by atoms with van der Waals surface area (Å²) in [4.78, 5) is 2.49. The van der Waals surface area contributed by atoms with Gasteiger partial charge in [0.2, 0.25) is 0 Å². The third kappa shape index (κ3) is 3.54. The maximum atomic E-state index is 6.47. The predicted octanol–water partition coefficient (Wildman–Crippen LogP) is 5.03. The zero-order valence-corrected chi connectivity index (χ0v) is 14.6. The van der Waals surface area contributed by atoms with Crippen LogP contribution in [0.4, 0.5) is 5.69 Å². The third-order valence-corrected chi connectivity index (χ3v) is 5.90. The molecule has 0 aliphatic carbocycles. The normalized spacial score (nSPS) is 19.6. The van der Waals surface area contributed by atoms with Crippen molar-refractivity contribution < 1.29 is 0 Å². The second-order valence-corrected chi connectivity index (χ2v) is 6.82. The molecule has 1 N–H and O–H groups in total. The minimum Gasteiger partial charge on any atom is -0.371 e. The summed E-state index contributed by atoms with van der Waals surface area (Å²) in [5.74, 6) is 0. The summed E-state index contributed by atoms with van der Waals surface area (Å²) < 4.78 is 0. The molecule has 3 heteroatoms. The molecule has 0 aromatic heterocycles. The molecule has 0 radical (unpaired) electrons. The van der Waals surface area contributed by atoms with Gasteiger partial charge in [-0.05, 0) is 49.9 Å². The molecule has 21 heavy (non-hydrogen) atoms. The monoisotopic (exact) mass is 308 g/mol. The molecular weight excluding hydrogens is 280 g/mol. The van der Waals surface area contributed by atoms with E-state index in [-0.39, 0.29) is 0 Å². The van der Waals surface area contributed by atoms with Crippen LogP contribution in [0.3, 0.4) is 0 Å². The maximum absolute atomic E-state index is 6.47. The molecule has 0 spiro atoms. The number of hydrogen-bond donors (Lipinski definition) is 1. The molecule has 2 nitrogen and oxygen atoms in total. The van der Waals surface area contributed by atoms with Crippen molar-refractivity contribution in [2.24, 2.45) is 5.41 Å². The fourth-order valence-corrected chi connectivity index (χ4v) is 3.75. The number of nitrogens with one attached hydrogen (secondary N) is 1. The van der Waals surface area contributed by atoms with E-state index in [2.05, 4.69) is 49.2 Å². The van der Waals surface area contributed by atoms with Gasteiger partial charge in [-0.25, -0.2) is 0 Å². The number of piperidine rings is 1. The molecule has 0 amide bonds. The predicted molar refractivity (Wildman–Crippen MR) is 93.4 cm³/mol. The Morgan fingerprint density at radius 1 is 1.24 bits per heavy atom. The van der Waals surface area contributed by atoms with Crippen LogP contribution in [0.15, 0.2) is 18.2 Å². The van der Waals surface area contributed by atoms with Crippen LogP contribution in [0.5, 0.6) is 0 Å². The molecule has 0 bridgehead atoms. The largest absolute Gasteiger partial charge is 0.371 e. The second kappa shape index (κ2) is 7.02. The van der Waals surface area contributed by atoms with Crippen molar-refractivity contribution in [2.45, 2.75) is 52.5 Å². The minimum absolute atomic E-state index is 0.292. The molecule has 1 aromatic carbocycles. The van der Waals surface area contributed by atoms with Crippen molar-refractivity contribution in [1.29, 1.82) is 0 Å². The van der Waals surface area contributed by atoms with Crippen molar-refractivity contribution >= 4 is 17.3 Å². The lowest BCUT2D eigenvalue weighted by atomic mass is 9.74. The summed E-state index contributed by atoms with van der Waals surface area (Å²) >= 11 is 6.47. The van der Waals surface area contributed by atoms with Crippen molar-refractivity contribution in [3.05, 3.63) is 28.8 Å². The average Bonchev–Trinajstić information content (AvgIpc) is 2.54. The first kappa shape index (κ1) is 16.6. The Bertz CT molecular complexity index is 458. The Morgan fingerprint density at radius 2 is 1.86 bits per heavy atom. The first-order valence-corrected chi connectivity index (χ1v) is 8.64. The van der Waals surface area contributed by atoms with Crippen molar-refractivity contribution in [2.75, 3.05) is 25.0 Å². The molecule has 1 aromatic rings.